The average molecular weight is 245 g/mol. The fourth-order valence-corrected chi connectivity index (χ4v) is 2.15. The third-order valence-corrected chi connectivity index (χ3v) is 3.28. The van der Waals surface area contributed by atoms with Crippen molar-refractivity contribution in [3.63, 3.8) is 0 Å². The van der Waals surface area contributed by atoms with Crippen LogP contribution in [0.5, 0.6) is 0 Å². The highest BCUT2D eigenvalue weighted by molar-refractivity contribution is 4.82. The second kappa shape index (κ2) is 8.78. The molecule has 0 aromatic rings. The maximum Gasteiger partial charge on any atom is 0.123 e. The summed E-state index contributed by atoms with van der Waals surface area (Å²) in [4.78, 5) is 1.36. The number of hydrogen-bond acceptors (Lipinski definition) is 1. The Morgan fingerprint density at radius 2 is 1.43 bits per heavy atom. The number of quaternary nitrogens is 1. The van der Waals surface area contributed by atoms with Gasteiger partial charge in [0.2, 0.25) is 0 Å². The molecule has 0 saturated heterocycles. The van der Waals surface area contributed by atoms with Gasteiger partial charge in [0.1, 0.15) is 11.6 Å². The third-order valence-electron chi connectivity index (χ3n) is 3.28. The van der Waals surface area contributed by atoms with E-state index in [-0.39, 0.29) is 36.5 Å². The van der Waals surface area contributed by atoms with Crippen molar-refractivity contribution in [2.45, 2.75) is 51.7 Å². The number of likely N-dealkylation sites (N-methyl/N-ethyl adjacent to an activating group) is 1. The van der Waals surface area contributed by atoms with Crippen molar-refractivity contribution in [3.8, 4) is 0 Å². The lowest BCUT2D eigenvalue weighted by molar-refractivity contribution is -0.921. The van der Waals surface area contributed by atoms with E-state index in [0.717, 1.165) is 19.3 Å². The SMILES string of the molecule is CCC(O)C(CC)(CC)[NH+](C)C.[Cl-].[Cl-]. The van der Waals surface area contributed by atoms with Crippen LogP contribution < -0.4 is 29.7 Å². The fraction of sp³-hybridized carbons (Fsp3) is 1.00. The second-order valence-corrected chi connectivity index (χ2v) is 3.79. The van der Waals surface area contributed by atoms with E-state index in [2.05, 4.69) is 27.9 Å². The minimum atomic E-state index is -0.169. The summed E-state index contributed by atoms with van der Waals surface area (Å²) in [6.45, 7) is 6.37. The summed E-state index contributed by atoms with van der Waals surface area (Å²) in [6, 6.07) is 0. The first kappa shape index (κ1) is 20.0. The van der Waals surface area contributed by atoms with E-state index in [1.807, 2.05) is 6.92 Å². The predicted molar refractivity (Wildman–Crippen MR) is 52.4 cm³/mol. The Kier molecular flexibility index (Phi) is 12.5. The van der Waals surface area contributed by atoms with Crippen molar-refractivity contribution in [2.24, 2.45) is 0 Å². The Morgan fingerprint density at radius 1 is 1.07 bits per heavy atom. The fourth-order valence-electron chi connectivity index (χ4n) is 2.15. The van der Waals surface area contributed by atoms with Crippen molar-refractivity contribution in [3.05, 3.63) is 0 Å². The molecular weight excluding hydrogens is 221 g/mol. The molecule has 0 spiro atoms. The van der Waals surface area contributed by atoms with Crippen LogP contribution in [-0.2, 0) is 0 Å². The van der Waals surface area contributed by atoms with Crippen molar-refractivity contribution in [2.75, 3.05) is 14.1 Å². The van der Waals surface area contributed by atoms with Crippen molar-refractivity contribution in [1.82, 2.24) is 0 Å². The van der Waals surface area contributed by atoms with Crippen LogP contribution in [0.25, 0.3) is 0 Å². The van der Waals surface area contributed by atoms with E-state index in [0.29, 0.717) is 0 Å². The van der Waals surface area contributed by atoms with Crippen LogP contribution in [-0.4, -0.2) is 30.8 Å². The van der Waals surface area contributed by atoms with Gasteiger partial charge in [-0.25, -0.2) is 0 Å². The van der Waals surface area contributed by atoms with Crippen molar-refractivity contribution in [1.29, 1.82) is 0 Å². The van der Waals surface area contributed by atoms with Gasteiger partial charge in [0.05, 0.1) is 14.1 Å². The lowest BCUT2D eigenvalue weighted by atomic mass is 9.84. The van der Waals surface area contributed by atoms with Crippen LogP contribution in [0.1, 0.15) is 40.0 Å². The number of halogens is 2. The van der Waals surface area contributed by atoms with E-state index >= 15 is 0 Å². The molecule has 0 saturated carbocycles. The van der Waals surface area contributed by atoms with Gasteiger partial charge in [-0.1, -0.05) is 20.8 Å². The largest absolute Gasteiger partial charge is 1.00 e. The summed E-state index contributed by atoms with van der Waals surface area (Å²) in [5.41, 5.74) is 0.0642. The Bertz CT molecular complexity index is 127. The standard InChI is InChI=1S/C10H23NO.2ClH/c1-6-9(12)10(7-2,8-3)11(4)5;;/h9,12H,6-8H2,1-5H3;2*1H/p-1. The van der Waals surface area contributed by atoms with Crippen LogP contribution in [0.3, 0.4) is 0 Å². The van der Waals surface area contributed by atoms with E-state index in [4.69, 9.17) is 0 Å². The number of aliphatic hydroxyl groups is 1. The zero-order valence-corrected chi connectivity index (χ0v) is 11.4. The summed E-state index contributed by atoms with van der Waals surface area (Å²) in [7, 11) is 4.26. The molecule has 0 aliphatic rings. The molecule has 2 N–H and O–H groups in total. The van der Waals surface area contributed by atoms with Gasteiger partial charge >= 0.3 is 0 Å². The molecule has 1 unspecified atom stereocenters. The lowest BCUT2D eigenvalue weighted by Gasteiger charge is -2.38. The molecule has 0 radical (unpaired) electrons. The molecule has 0 aromatic carbocycles. The number of aliphatic hydroxyl groups excluding tert-OH is 1. The molecular formula is C10H24Cl2NO-. The summed E-state index contributed by atoms with van der Waals surface area (Å²) >= 11 is 0. The summed E-state index contributed by atoms with van der Waals surface area (Å²) < 4.78 is 0. The van der Waals surface area contributed by atoms with Gasteiger partial charge in [0.15, 0.2) is 0 Å². The van der Waals surface area contributed by atoms with Gasteiger partial charge in [-0.15, -0.1) is 0 Å². The Hall–Kier alpha value is 0.500. The minimum absolute atomic E-state index is 0. The van der Waals surface area contributed by atoms with E-state index in [1.165, 1.54) is 4.90 Å². The molecule has 1 atom stereocenters. The Morgan fingerprint density at radius 3 is 1.50 bits per heavy atom. The normalized spacial score (nSPS) is 13.1. The van der Waals surface area contributed by atoms with Gasteiger partial charge in [0.25, 0.3) is 0 Å². The van der Waals surface area contributed by atoms with E-state index in [9.17, 15) is 5.11 Å². The quantitative estimate of drug-likeness (QED) is 0.496. The van der Waals surface area contributed by atoms with Gasteiger partial charge < -0.3 is 34.8 Å². The number of nitrogens with one attached hydrogen (secondary N) is 1. The van der Waals surface area contributed by atoms with Crippen LogP contribution in [0, 0.1) is 0 Å². The first-order chi connectivity index (χ1) is 5.55. The Labute approximate surface area is 101 Å². The monoisotopic (exact) mass is 244 g/mol. The predicted octanol–water partition coefficient (Wildman–Crippen LogP) is -5.53. The molecule has 0 amide bonds. The number of rotatable bonds is 5. The van der Waals surface area contributed by atoms with Crippen LogP contribution in [0.2, 0.25) is 0 Å². The molecule has 0 heterocycles. The van der Waals surface area contributed by atoms with E-state index < -0.39 is 0 Å². The van der Waals surface area contributed by atoms with Crippen LogP contribution >= 0.6 is 0 Å². The van der Waals surface area contributed by atoms with Crippen molar-refractivity contribution >= 4 is 0 Å². The highest BCUT2D eigenvalue weighted by Gasteiger charge is 2.39. The molecule has 14 heavy (non-hydrogen) atoms. The molecule has 90 valence electrons. The van der Waals surface area contributed by atoms with Gasteiger partial charge in [-0.3, -0.25) is 0 Å². The van der Waals surface area contributed by atoms with Crippen LogP contribution in [0.15, 0.2) is 0 Å². The lowest BCUT2D eigenvalue weighted by Crippen LogP contribution is -3.16. The maximum atomic E-state index is 9.92. The molecule has 4 heteroatoms. The molecule has 0 bridgehead atoms. The summed E-state index contributed by atoms with van der Waals surface area (Å²) in [5.74, 6) is 0. The van der Waals surface area contributed by atoms with E-state index in [1.54, 1.807) is 0 Å². The van der Waals surface area contributed by atoms with Gasteiger partial charge in [0, 0.05) is 12.8 Å². The molecule has 0 fully saturated rings. The highest BCUT2D eigenvalue weighted by Crippen LogP contribution is 2.17. The topological polar surface area (TPSA) is 24.7 Å². The first-order valence-corrected chi connectivity index (χ1v) is 5.03. The minimum Gasteiger partial charge on any atom is -1.00 e. The van der Waals surface area contributed by atoms with Crippen molar-refractivity contribution < 1.29 is 34.8 Å². The highest BCUT2D eigenvalue weighted by atomic mass is 35.5. The van der Waals surface area contributed by atoms with Gasteiger partial charge in [-0.2, -0.15) is 0 Å². The number of hydrogen-bond donors (Lipinski definition) is 2. The van der Waals surface area contributed by atoms with Crippen LogP contribution in [0.4, 0.5) is 0 Å². The zero-order valence-electron chi connectivity index (χ0n) is 9.90. The molecule has 2 nitrogen and oxygen atoms in total. The molecule has 0 aromatic heterocycles. The summed E-state index contributed by atoms with van der Waals surface area (Å²) in [6.07, 6.45) is 2.77. The smallest absolute Gasteiger partial charge is 0.123 e. The average Bonchev–Trinajstić information content (AvgIpc) is 2.06. The molecule has 0 rings (SSSR count). The third kappa shape index (κ3) is 3.93. The summed E-state index contributed by atoms with van der Waals surface area (Å²) in [5, 5.41) is 9.92. The maximum absolute atomic E-state index is 9.92. The zero-order chi connectivity index (χ0) is 9.78. The van der Waals surface area contributed by atoms with Gasteiger partial charge in [-0.05, 0) is 6.42 Å². The molecule has 0 aliphatic heterocycles. The Balaban J connectivity index is -0.000000605. The second-order valence-electron chi connectivity index (χ2n) is 3.79. The first-order valence-electron chi connectivity index (χ1n) is 5.03. The molecule has 0 aliphatic carbocycles.